The molecular formula is C9H6N2Na2O4S. The summed E-state index contributed by atoms with van der Waals surface area (Å²) in [6, 6.07) is 3.23. The summed E-state index contributed by atoms with van der Waals surface area (Å²) in [5.74, 6) is -3.01. The number of rotatable bonds is 3. The predicted octanol–water partition coefficient (Wildman–Crippen LogP) is -7.92. The standard InChI is InChI=1S/C9H8N2O4S.2Na/c10-9(16)11-6-2-4(7(12)13)1-5(3-6)8(14)15;;/h1-3H,(H,12,13)(H,14,15)(H3,10,11,16);;/q;2*+1/p-2. The Hall–Kier alpha value is -0.150. The maximum absolute atomic E-state index is 10.6. The fourth-order valence-electron chi connectivity index (χ4n) is 1.08. The molecule has 18 heavy (non-hydrogen) atoms. The normalized spacial score (nSPS) is 8.44. The minimum absolute atomic E-state index is 0. The Balaban J connectivity index is 0. The molecule has 1 rings (SSSR count). The van der Waals surface area contributed by atoms with E-state index in [2.05, 4.69) is 17.5 Å². The van der Waals surface area contributed by atoms with Crippen LogP contribution in [0.25, 0.3) is 0 Å². The van der Waals surface area contributed by atoms with Gasteiger partial charge in [0.25, 0.3) is 0 Å². The molecule has 0 aliphatic carbocycles. The van der Waals surface area contributed by atoms with Gasteiger partial charge in [0.05, 0.1) is 11.9 Å². The molecule has 0 aliphatic rings. The summed E-state index contributed by atoms with van der Waals surface area (Å²) >= 11 is 4.54. The summed E-state index contributed by atoms with van der Waals surface area (Å²) < 4.78 is 0. The minimum atomic E-state index is -1.51. The van der Waals surface area contributed by atoms with Gasteiger partial charge < -0.3 is 30.9 Å². The van der Waals surface area contributed by atoms with Gasteiger partial charge in [-0.3, -0.25) is 0 Å². The number of hydrogen-bond donors (Lipinski definition) is 2. The van der Waals surface area contributed by atoms with Crippen LogP contribution in [0.1, 0.15) is 20.7 Å². The largest absolute Gasteiger partial charge is 1.00 e. The van der Waals surface area contributed by atoms with Crippen LogP contribution in [0.2, 0.25) is 0 Å². The average molecular weight is 284 g/mol. The van der Waals surface area contributed by atoms with Crippen LogP contribution in [-0.4, -0.2) is 17.1 Å². The molecule has 84 valence electrons. The molecule has 0 radical (unpaired) electrons. The number of nitrogens with one attached hydrogen (secondary N) is 1. The number of carboxylic acid groups (broad SMARTS) is 2. The molecular weight excluding hydrogens is 278 g/mol. The fraction of sp³-hybridized carbons (Fsp3) is 0. The summed E-state index contributed by atoms with van der Waals surface area (Å²) in [4.78, 5) is 21.2. The number of thiocarbonyl (C=S) groups is 1. The molecule has 0 saturated heterocycles. The van der Waals surface area contributed by atoms with Crippen molar-refractivity contribution in [3.05, 3.63) is 29.3 Å². The third kappa shape index (κ3) is 6.14. The van der Waals surface area contributed by atoms with E-state index in [1.807, 2.05) is 0 Å². The van der Waals surface area contributed by atoms with E-state index in [0.29, 0.717) is 0 Å². The van der Waals surface area contributed by atoms with Crippen LogP contribution in [-0.2, 0) is 0 Å². The molecule has 0 amide bonds. The Labute approximate surface area is 153 Å². The molecule has 0 fully saturated rings. The second-order valence-corrected chi connectivity index (χ2v) is 3.30. The van der Waals surface area contributed by atoms with Crippen LogP contribution in [0.3, 0.4) is 0 Å². The molecule has 1 aromatic carbocycles. The number of carbonyl (C=O) groups excluding carboxylic acids is 2. The number of carboxylic acids is 2. The predicted molar refractivity (Wildman–Crippen MR) is 55.5 cm³/mol. The molecule has 6 nitrogen and oxygen atoms in total. The van der Waals surface area contributed by atoms with Crippen molar-refractivity contribution in [2.24, 2.45) is 5.73 Å². The smallest absolute Gasteiger partial charge is 0.545 e. The summed E-state index contributed by atoms with van der Waals surface area (Å²) in [5.41, 5.74) is 4.71. The van der Waals surface area contributed by atoms with Crippen molar-refractivity contribution in [1.82, 2.24) is 0 Å². The Kier molecular flexibility index (Phi) is 9.94. The van der Waals surface area contributed by atoms with Gasteiger partial charge in [-0.2, -0.15) is 0 Å². The quantitative estimate of drug-likeness (QED) is 0.418. The summed E-state index contributed by atoms with van der Waals surface area (Å²) in [6.07, 6.45) is 0. The van der Waals surface area contributed by atoms with E-state index in [0.717, 1.165) is 18.2 Å². The van der Waals surface area contributed by atoms with Crippen molar-refractivity contribution < 1.29 is 78.9 Å². The first kappa shape index (κ1) is 20.2. The Morgan fingerprint density at radius 1 is 1.06 bits per heavy atom. The molecule has 0 aromatic heterocycles. The molecule has 0 aliphatic heterocycles. The van der Waals surface area contributed by atoms with Crippen molar-refractivity contribution in [2.75, 3.05) is 5.32 Å². The number of hydrogen-bond acceptors (Lipinski definition) is 5. The maximum atomic E-state index is 10.6. The minimum Gasteiger partial charge on any atom is -0.545 e. The first-order valence-electron chi connectivity index (χ1n) is 4.04. The van der Waals surface area contributed by atoms with E-state index in [1.165, 1.54) is 0 Å². The van der Waals surface area contributed by atoms with E-state index in [9.17, 15) is 19.8 Å². The van der Waals surface area contributed by atoms with Gasteiger partial charge in [0.2, 0.25) is 0 Å². The molecule has 0 spiro atoms. The van der Waals surface area contributed by atoms with Crippen LogP contribution in [0.4, 0.5) is 5.69 Å². The monoisotopic (exact) mass is 284 g/mol. The zero-order valence-electron chi connectivity index (χ0n) is 9.85. The second-order valence-electron chi connectivity index (χ2n) is 2.86. The van der Waals surface area contributed by atoms with Gasteiger partial charge in [0.1, 0.15) is 0 Å². The van der Waals surface area contributed by atoms with Crippen LogP contribution in [0, 0.1) is 0 Å². The van der Waals surface area contributed by atoms with Crippen LogP contribution < -0.4 is 80.4 Å². The van der Waals surface area contributed by atoms with Gasteiger partial charge in [-0.1, -0.05) is 0 Å². The van der Waals surface area contributed by atoms with Crippen molar-refractivity contribution in [3.63, 3.8) is 0 Å². The van der Waals surface area contributed by atoms with Crippen molar-refractivity contribution in [1.29, 1.82) is 0 Å². The van der Waals surface area contributed by atoms with Gasteiger partial charge in [0, 0.05) is 5.69 Å². The van der Waals surface area contributed by atoms with E-state index >= 15 is 0 Å². The first-order valence-corrected chi connectivity index (χ1v) is 4.45. The van der Waals surface area contributed by atoms with Gasteiger partial charge in [-0.05, 0) is 41.5 Å². The summed E-state index contributed by atoms with van der Waals surface area (Å²) in [7, 11) is 0. The molecule has 0 atom stereocenters. The average Bonchev–Trinajstić information content (AvgIpc) is 2.15. The Bertz CT molecular complexity index is 449. The molecule has 1 aromatic rings. The number of nitrogens with two attached hydrogens (primary N) is 1. The zero-order valence-corrected chi connectivity index (χ0v) is 14.7. The number of anilines is 1. The fourth-order valence-corrected chi connectivity index (χ4v) is 1.20. The van der Waals surface area contributed by atoms with E-state index in [-0.39, 0.29) is 81.0 Å². The van der Waals surface area contributed by atoms with Gasteiger partial charge in [-0.15, -0.1) is 0 Å². The molecule has 3 N–H and O–H groups in total. The van der Waals surface area contributed by atoms with E-state index in [4.69, 9.17) is 5.73 Å². The number of aromatic carboxylic acids is 2. The third-order valence-corrected chi connectivity index (χ3v) is 1.77. The van der Waals surface area contributed by atoms with Gasteiger partial charge >= 0.3 is 59.1 Å². The molecule has 9 heteroatoms. The third-order valence-electron chi connectivity index (χ3n) is 1.67. The van der Waals surface area contributed by atoms with Crippen molar-refractivity contribution in [2.45, 2.75) is 0 Å². The van der Waals surface area contributed by atoms with E-state index in [1.54, 1.807) is 0 Å². The van der Waals surface area contributed by atoms with Crippen LogP contribution in [0.15, 0.2) is 18.2 Å². The summed E-state index contributed by atoms with van der Waals surface area (Å²) in [6.45, 7) is 0. The zero-order chi connectivity index (χ0) is 12.3. The van der Waals surface area contributed by atoms with Crippen molar-refractivity contribution in [3.8, 4) is 0 Å². The topological polar surface area (TPSA) is 118 Å². The Morgan fingerprint density at radius 3 is 1.72 bits per heavy atom. The van der Waals surface area contributed by atoms with E-state index < -0.39 is 11.9 Å². The van der Waals surface area contributed by atoms with Crippen LogP contribution in [0.5, 0.6) is 0 Å². The van der Waals surface area contributed by atoms with Gasteiger partial charge in [-0.25, -0.2) is 0 Å². The molecule has 0 bridgehead atoms. The molecule has 0 heterocycles. The maximum Gasteiger partial charge on any atom is 1.00 e. The molecule has 0 unspecified atom stereocenters. The summed E-state index contributed by atoms with van der Waals surface area (Å²) in [5, 5.41) is 23.5. The molecule has 0 saturated carbocycles. The number of carbonyl (C=O) groups is 2. The Morgan fingerprint density at radius 2 is 1.44 bits per heavy atom. The second kappa shape index (κ2) is 8.87. The van der Waals surface area contributed by atoms with Gasteiger partial charge in [0.15, 0.2) is 5.11 Å². The van der Waals surface area contributed by atoms with Crippen molar-refractivity contribution >= 4 is 35.0 Å². The first-order chi connectivity index (χ1) is 7.40. The van der Waals surface area contributed by atoms with Crippen LogP contribution >= 0.6 is 12.2 Å². The number of benzene rings is 1. The SMILES string of the molecule is NC(=S)Nc1cc(C(=O)[O-])cc(C(=O)[O-])c1.[Na+].[Na+].